The first-order chi connectivity index (χ1) is 9.56. The second-order valence-corrected chi connectivity index (χ2v) is 5.26. The number of nitrogens with two attached hydrogens (primary N) is 1. The fourth-order valence-electron chi connectivity index (χ4n) is 2.50. The summed E-state index contributed by atoms with van der Waals surface area (Å²) in [6.07, 6.45) is 1.12. The van der Waals surface area contributed by atoms with Gasteiger partial charge in [0.1, 0.15) is 0 Å². The lowest BCUT2D eigenvalue weighted by Crippen LogP contribution is -2.36. The Kier molecular flexibility index (Phi) is 4.74. The summed E-state index contributed by atoms with van der Waals surface area (Å²) in [5.74, 6) is -0.0923. The zero-order valence-electron chi connectivity index (χ0n) is 11.7. The van der Waals surface area contributed by atoms with Crippen molar-refractivity contribution in [3.8, 4) is 0 Å². The molecule has 1 aromatic rings. The van der Waals surface area contributed by atoms with Gasteiger partial charge >= 0.3 is 0 Å². The monoisotopic (exact) mass is 275 g/mol. The number of carbonyl (C=O) groups excluding carboxylic acids is 2. The molecule has 1 heterocycles. The average Bonchev–Trinajstić information content (AvgIpc) is 2.85. The summed E-state index contributed by atoms with van der Waals surface area (Å²) < 4.78 is 0. The molecule has 2 amide bonds. The molecule has 0 spiro atoms. The highest BCUT2D eigenvalue weighted by molar-refractivity contribution is 5.79. The third kappa shape index (κ3) is 3.81. The lowest BCUT2D eigenvalue weighted by atomic mass is 10.0. The van der Waals surface area contributed by atoms with Crippen LogP contribution in [0.2, 0.25) is 0 Å². The van der Waals surface area contributed by atoms with Crippen LogP contribution in [0.15, 0.2) is 30.3 Å². The van der Waals surface area contributed by atoms with E-state index in [2.05, 4.69) is 5.32 Å². The van der Waals surface area contributed by atoms with Crippen molar-refractivity contribution in [3.05, 3.63) is 35.9 Å². The highest BCUT2D eigenvalue weighted by atomic mass is 16.2. The number of hydrogen-bond acceptors (Lipinski definition) is 3. The number of carbonyl (C=O) groups is 2. The largest absolute Gasteiger partial charge is 0.349 e. The van der Waals surface area contributed by atoms with Crippen LogP contribution >= 0.6 is 0 Å². The molecule has 2 rings (SSSR count). The van der Waals surface area contributed by atoms with Gasteiger partial charge in [-0.1, -0.05) is 30.3 Å². The van der Waals surface area contributed by atoms with Crippen LogP contribution in [0.3, 0.4) is 0 Å². The highest BCUT2D eigenvalue weighted by Gasteiger charge is 2.26. The summed E-state index contributed by atoms with van der Waals surface area (Å²) in [7, 11) is 0. The fourth-order valence-corrected chi connectivity index (χ4v) is 2.50. The first-order valence-electron chi connectivity index (χ1n) is 6.91. The van der Waals surface area contributed by atoms with Crippen LogP contribution in [-0.2, 0) is 9.59 Å². The van der Waals surface area contributed by atoms with E-state index in [1.807, 2.05) is 30.3 Å². The van der Waals surface area contributed by atoms with Crippen LogP contribution in [0.1, 0.15) is 31.4 Å². The minimum atomic E-state index is -0.280. The van der Waals surface area contributed by atoms with Gasteiger partial charge < -0.3 is 16.0 Å². The maximum atomic E-state index is 12.3. The summed E-state index contributed by atoms with van der Waals surface area (Å²) in [6, 6.07) is 9.36. The summed E-state index contributed by atoms with van der Waals surface area (Å²) in [5, 5.41) is 2.84. The molecule has 3 N–H and O–H groups in total. The van der Waals surface area contributed by atoms with E-state index < -0.39 is 0 Å². The van der Waals surface area contributed by atoms with Crippen molar-refractivity contribution >= 4 is 11.8 Å². The summed E-state index contributed by atoms with van der Waals surface area (Å²) in [6.45, 7) is 2.79. The molecule has 0 radical (unpaired) electrons. The SMILES string of the molecule is CC(=O)NC(CC(=O)N1CC[C@@H](N)C1)c1ccccc1. The van der Waals surface area contributed by atoms with E-state index in [4.69, 9.17) is 5.73 Å². The van der Waals surface area contributed by atoms with Gasteiger partial charge in [0.2, 0.25) is 11.8 Å². The Hall–Kier alpha value is -1.88. The fraction of sp³-hybridized carbons (Fsp3) is 0.467. The third-order valence-electron chi connectivity index (χ3n) is 3.54. The molecule has 0 aliphatic carbocycles. The average molecular weight is 275 g/mol. The molecule has 0 saturated carbocycles. The Bertz CT molecular complexity index is 475. The molecule has 1 saturated heterocycles. The number of rotatable bonds is 4. The van der Waals surface area contributed by atoms with Gasteiger partial charge in [-0.3, -0.25) is 9.59 Å². The van der Waals surface area contributed by atoms with E-state index in [0.29, 0.717) is 13.1 Å². The molecular formula is C15H21N3O2. The van der Waals surface area contributed by atoms with E-state index in [1.54, 1.807) is 4.90 Å². The summed E-state index contributed by atoms with van der Waals surface area (Å²) >= 11 is 0. The summed E-state index contributed by atoms with van der Waals surface area (Å²) in [5.41, 5.74) is 6.77. The van der Waals surface area contributed by atoms with E-state index >= 15 is 0 Å². The van der Waals surface area contributed by atoms with Crippen molar-refractivity contribution in [2.24, 2.45) is 5.73 Å². The first kappa shape index (κ1) is 14.5. The molecule has 1 aliphatic rings. The van der Waals surface area contributed by atoms with E-state index in [1.165, 1.54) is 6.92 Å². The van der Waals surface area contributed by atoms with Gasteiger partial charge in [-0.2, -0.15) is 0 Å². The highest BCUT2D eigenvalue weighted by Crippen LogP contribution is 2.19. The molecule has 5 heteroatoms. The lowest BCUT2D eigenvalue weighted by molar-refractivity contribution is -0.131. The number of benzene rings is 1. The molecule has 2 atom stereocenters. The van der Waals surface area contributed by atoms with Crippen molar-refractivity contribution in [1.29, 1.82) is 0 Å². The standard InChI is InChI=1S/C15H21N3O2/c1-11(19)17-14(12-5-3-2-4-6-12)9-15(20)18-8-7-13(16)10-18/h2-6,13-14H,7-10,16H2,1H3,(H,17,19)/t13-,14?/m1/s1. The molecule has 1 aromatic carbocycles. The van der Waals surface area contributed by atoms with Crippen molar-refractivity contribution in [1.82, 2.24) is 10.2 Å². The van der Waals surface area contributed by atoms with Crippen molar-refractivity contribution in [2.45, 2.75) is 31.8 Å². The number of nitrogens with zero attached hydrogens (tertiary/aromatic N) is 1. The van der Waals surface area contributed by atoms with Crippen LogP contribution in [0.5, 0.6) is 0 Å². The zero-order chi connectivity index (χ0) is 14.5. The van der Waals surface area contributed by atoms with Gasteiger partial charge in [0, 0.05) is 26.1 Å². The van der Waals surface area contributed by atoms with Gasteiger partial charge in [0.05, 0.1) is 12.5 Å². The van der Waals surface area contributed by atoms with Gasteiger partial charge in [0.25, 0.3) is 0 Å². The van der Waals surface area contributed by atoms with E-state index in [-0.39, 0.29) is 30.3 Å². The molecule has 0 aromatic heterocycles. The third-order valence-corrected chi connectivity index (χ3v) is 3.54. The normalized spacial score (nSPS) is 19.7. The van der Waals surface area contributed by atoms with Crippen molar-refractivity contribution in [3.63, 3.8) is 0 Å². The predicted octanol–water partition coefficient (Wildman–Crippen LogP) is 0.814. The maximum absolute atomic E-state index is 12.3. The van der Waals surface area contributed by atoms with Crippen molar-refractivity contribution < 1.29 is 9.59 Å². The predicted molar refractivity (Wildman–Crippen MR) is 76.8 cm³/mol. The molecule has 108 valence electrons. The Morgan fingerprint density at radius 2 is 2.10 bits per heavy atom. The summed E-state index contributed by atoms with van der Waals surface area (Å²) in [4.78, 5) is 25.4. The molecule has 5 nitrogen and oxygen atoms in total. The minimum absolute atomic E-state index is 0.0422. The maximum Gasteiger partial charge on any atom is 0.225 e. The molecule has 1 aliphatic heterocycles. The Morgan fingerprint density at radius 3 is 2.65 bits per heavy atom. The molecule has 1 unspecified atom stereocenters. The number of nitrogens with one attached hydrogen (secondary N) is 1. The molecular weight excluding hydrogens is 254 g/mol. The number of amides is 2. The first-order valence-corrected chi connectivity index (χ1v) is 6.91. The Morgan fingerprint density at radius 1 is 1.40 bits per heavy atom. The quantitative estimate of drug-likeness (QED) is 0.854. The molecule has 1 fully saturated rings. The second kappa shape index (κ2) is 6.52. The second-order valence-electron chi connectivity index (χ2n) is 5.26. The lowest BCUT2D eigenvalue weighted by Gasteiger charge is -2.22. The van der Waals surface area contributed by atoms with Gasteiger partial charge in [0.15, 0.2) is 0 Å². The Balaban J connectivity index is 2.04. The molecule has 20 heavy (non-hydrogen) atoms. The van der Waals surface area contributed by atoms with Crippen LogP contribution in [-0.4, -0.2) is 35.8 Å². The van der Waals surface area contributed by atoms with E-state index in [9.17, 15) is 9.59 Å². The van der Waals surface area contributed by atoms with Gasteiger partial charge in [-0.05, 0) is 12.0 Å². The molecule has 0 bridgehead atoms. The number of likely N-dealkylation sites (tertiary alicyclic amines) is 1. The van der Waals surface area contributed by atoms with Crippen LogP contribution in [0.25, 0.3) is 0 Å². The van der Waals surface area contributed by atoms with Gasteiger partial charge in [-0.25, -0.2) is 0 Å². The van der Waals surface area contributed by atoms with Crippen molar-refractivity contribution in [2.75, 3.05) is 13.1 Å². The minimum Gasteiger partial charge on any atom is -0.349 e. The Labute approximate surface area is 119 Å². The van der Waals surface area contributed by atoms with Gasteiger partial charge in [-0.15, -0.1) is 0 Å². The topological polar surface area (TPSA) is 75.4 Å². The van der Waals surface area contributed by atoms with E-state index in [0.717, 1.165) is 12.0 Å². The van der Waals surface area contributed by atoms with Crippen LogP contribution in [0.4, 0.5) is 0 Å². The van der Waals surface area contributed by atoms with Crippen LogP contribution in [0, 0.1) is 0 Å². The zero-order valence-corrected chi connectivity index (χ0v) is 11.7. The smallest absolute Gasteiger partial charge is 0.225 e. The number of hydrogen-bond donors (Lipinski definition) is 2. The van der Waals surface area contributed by atoms with Crippen LogP contribution < -0.4 is 11.1 Å².